The quantitative estimate of drug-likeness (QED) is 0.857. The first-order valence-electron chi connectivity index (χ1n) is 6.27. The summed E-state index contributed by atoms with van der Waals surface area (Å²) in [4.78, 5) is 15.0. The van der Waals surface area contributed by atoms with Gasteiger partial charge in [0.15, 0.2) is 11.3 Å². The number of nitrogens with zero attached hydrogens (tertiary/aromatic N) is 3. The zero-order chi connectivity index (χ0) is 15.8. The lowest BCUT2D eigenvalue weighted by Gasteiger charge is -2.11. The SMILES string of the molecule is Cc1cc(=O)c(-c2nnc(S(=O)(=O)Cl)n2CC(C)C)c[nH]1. The predicted octanol–water partition coefficient (Wildman–Crippen LogP) is 1.53. The van der Waals surface area contributed by atoms with Crippen LogP contribution in [0.3, 0.4) is 0 Å². The molecule has 2 heterocycles. The molecule has 0 saturated carbocycles. The summed E-state index contributed by atoms with van der Waals surface area (Å²) in [5, 5.41) is 7.09. The average Bonchev–Trinajstić information content (AvgIpc) is 2.71. The van der Waals surface area contributed by atoms with Crippen LogP contribution in [0, 0.1) is 12.8 Å². The van der Waals surface area contributed by atoms with Gasteiger partial charge in [-0.2, -0.15) is 0 Å². The lowest BCUT2D eigenvalue weighted by atomic mass is 10.2. The number of aromatic nitrogens is 4. The van der Waals surface area contributed by atoms with Crippen LogP contribution in [0.4, 0.5) is 0 Å². The summed E-state index contributed by atoms with van der Waals surface area (Å²) in [6.07, 6.45) is 1.49. The largest absolute Gasteiger partial charge is 0.364 e. The highest BCUT2D eigenvalue weighted by Gasteiger charge is 2.24. The van der Waals surface area contributed by atoms with Gasteiger partial charge in [-0.3, -0.25) is 9.36 Å². The van der Waals surface area contributed by atoms with E-state index in [1.54, 1.807) is 6.92 Å². The van der Waals surface area contributed by atoms with Gasteiger partial charge in [0.2, 0.25) is 0 Å². The molecule has 2 aromatic rings. The fraction of sp³-hybridized carbons (Fsp3) is 0.417. The molecule has 0 aromatic carbocycles. The standard InChI is InChI=1S/C12H15ClN4O3S/c1-7(2)6-17-11(15-16-12(17)21(13,19)20)9-5-14-8(3)4-10(9)18/h4-5,7H,6H2,1-3H3,(H,14,18). The van der Waals surface area contributed by atoms with Crippen molar-refractivity contribution >= 4 is 19.7 Å². The van der Waals surface area contributed by atoms with Crippen LogP contribution < -0.4 is 5.43 Å². The Morgan fingerprint density at radius 2 is 2.05 bits per heavy atom. The van der Waals surface area contributed by atoms with Crippen LogP contribution in [0.15, 0.2) is 22.2 Å². The molecule has 2 aromatic heterocycles. The maximum Gasteiger partial charge on any atom is 0.296 e. The van der Waals surface area contributed by atoms with Gasteiger partial charge in [-0.05, 0) is 12.8 Å². The number of halogens is 1. The number of aryl methyl sites for hydroxylation is 1. The summed E-state index contributed by atoms with van der Waals surface area (Å²) < 4.78 is 24.5. The minimum absolute atomic E-state index is 0.126. The van der Waals surface area contributed by atoms with Crippen molar-refractivity contribution in [1.29, 1.82) is 0 Å². The van der Waals surface area contributed by atoms with Gasteiger partial charge in [0, 0.05) is 35.2 Å². The molecule has 0 aliphatic heterocycles. The number of H-pyrrole nitrogens is 1. The molecule has 0 saturated heterocycles. The van der Waals surface area contributed by atoms with Gasteiger partial charge >= 0.3 is 0 Å². The molecule has 0 fully saturated rings. The van der Waals surface area contributed by atoms with Crippen LogP contribution in [-0.4, -0.2) is 28.2 Å². The lowest BCUT2D eigenvalue weighted by molar-refractivity contribution is 0.488. The van der Waals surface area contributed by atoms with E-state index in [1.807, 2.05) is 13.8 Å². The van der Waals surface area contributed by atoms with Gasteiger partial charge in [0.1, 0.15) is 0 Å². The fourth-order valence-electron chi connectivity index (χ4n) is 1.95. The fourth-order valence-corrected chi connectivity index (χ4v) is 2.85. The first-order chi connectivity index (χ1) is 9.70. The topological polar surface area (TPSA) is 97.7 Å². The molecule has 0 radical (unpaired) electrons. The molecule has 0 aliphatic carbocycles. The minimum Gasteiger partial charge on any atom is -0.364 e. The molecule has 0 bridgehead atoms. The van der Waals surface area contributed by atoms with Gasteiger partial charge in [0.25, 0.3) is 14.2 Å². The van der Waals surface area contributed by atoms with Crippen molar-refractivity contribution in [2.75, 3.05) is 0 Å². The molecule has 0 unspecified atom stereocenters. The van der Waals surface area contributed by atoms with E-state index in [4.69, 9.17) is 10.7 Å². The molecule has 2 rings (SSSR count). The van der Waals surface area contributed by atoms with Gasteiger partial charge in [-0.15, -0.1) is 10.2 Å². The molecule has 0 atom stereocenters. The second-order valence-corrected chi connectivity index (χ2v) is 7.60. The summed E-state index contributed by atoms with van der Waals surface area (Å²) >= 11 is 0. The molecular weight excluding hydrogens is 316 g/mol. The Bertz CT molecular complexity index is 823. The molecule has 0 spiro atoms. The van der Waals surface area contributed by atoms with Crippen LogP contribution >= 0.6 is 10.7 Å². The molecule has 1 N–H and O–H groups in total. The Morgan fingerprint density at radius 1 is 1.38 bits per heavy atom. The van der Waals surface area contributed by atoms with E-state index in [1.165, 1.54) is 16.8 Å². The average molecular weight is 331 g/mol. The number of nitrogens with one attached hydrogen (secondary N) is 1. The smallest absolute Gasteiger partial charge is 0.296 e. The van der Waals surface area contributed by atoms with Crippen molar-refractivity contribution in [3.63, 3.8) is 0 Å². The first kappa shape index (κ1) is 15.7. The van der Waals surface area contributed by atoms with E-state index in [0.29, 0.717) is 12.2 Å². The summed E-state index contributed by atoms with van der Waals surface area (Å²) in [7, 11) is 1.34. The zero-order valence-corrected chi connectivity index (χ0v) is 13.4. The Balaban J connectivity index is 2.69. The Morgan fingerprint density at radius 3 is 2.57 bits per heavy atom. The zero-order valence-electron chi connectivity index (χ0n) is 11.8. The molecule has 0 aliphatic rings. The highest BCUT2D eigenvalue weighted by Crippen LogP contribution is 2.21. The summed E-state index contributed by atoms with van der Waals surface area (Å²) in [5.41, 5.74) is 0.686. The number of hydrogen-bond acceptors (Lipinski definition) is 5. The molecule has 114 valence electrons. The highest BCUT2D eigenvalue weighted by molar-refractivity contribution is 8.13. The third-order valence-electron chi connectivity index (χ3n) is 2.78. The molecule has 9 heteroatoms. The Labute approximate surface area is 126 Å². The molecule has 21 heavy (non-hydrogen) atoms. The van der Waals surface area contributed by atoms with Crippen molar-refractivity contribution in [3.05, 3.63) is 28.2 Å². The van der Waals surface area contributed by atoms with E-state index in [9.17, 15) is 13.2 Å². The van der Waals surface area contributed by atoms with E-state index in [2.05, 4.69) is 15.2 Å². The Hall–Kier alpha value is -1.67. The van der Waals surface area contributed by atoms with Gasteiger partial charge in [-0.25, -0.2) is 8.42 Å². The van der Waals surface area contributed by atoms with Crippen molar-refractivity contribution < 1.29 is 8.42 Å². The van der Waals surface area contributed by atoms with Gasteiger partial charge in [-0.1, -0.05) is 13.8 Å². The number of rotatable bonds is 4. The minimum atomic E-state index is -4.04. The molecule has 7 nitrogen and oxygen atoms in total. The normalized spacial score (nSPS) is 12.0. The first-order valence-corrected chi connectivity index (χ1v) is 8.58. The third-order valence-corrected chi connectivity index (χ3v) is 3.93. The van der Waals surface area contributed by atoms with Crippen molar-refractivity contribution in [2.45, 2.75) is 32.5 Å². The lowest BCUT2D eigenvalue weighted by Crippen LogP contribution is -2.15. The summed E-state index contributed by atoms with van der Waals surface area (Å²) in [5.74, 6) is 0.311. The van der Waals surface area contributed by atoms with Gasteiger partial charge in [0.05, 0.1) is 5.56 Å². The second-order valence-electron chi connectivity index (χ2n) is 5.14. The molecular formula is C12H15ClN4O3S. The van der Waals surface area contributed by atoms with Crippen molar-refractivity contribution in [2.24, 2.45) is 5.92 Å². The summed E-state index contributed by atoms with van der Waals surface area (Å²) in [6.45, 7) is 5.90. The highest BCUT2D eigenvalue weighted by atomic mass is 35.7. The monoisotopic (exact) mass is 330 g/mol. The van der Waals surface area contributed by atoms with Crippen molar-refractivity contribution in [3.8, 4) is 11.4 Å². The Kier molecular flexibility index (Phi) is 4.20. The van der Waals surface area contributed by atoms with Crippen LogP contribution in [0.5, 0.6) is 0 Å². The number of pyridine rings is 1. The number of aromatic amines is 1. The van der Waals surface area contributed by atoms with Crippen LogP contribution in [0.25, 0.3) is 11.4 Å². The van der Waals surface area contributed by atoms with E-state index >= 15 is 0 Å². The van der Waals surface area contributed by atoms with E-state index in [0.717, 1.165) is 0 Å². The van der Waals surface area contributed by atoms with E-state index < -0.39 is 9.05 Å². The van der Waals surface area contributed by atoms with Crippen LogP contribution in [0.2, 0.25) is 0 Å². The number of hydrogen-bond donors (Lipinski definition) is 1. The van der Waals surface area contributed by atoms with Crippen LogP contribution in [0.1, 0.15) is 19.5 Å². The summed E-state index contributed by atoms with van der Waals surface area (Å²) in [6, 6.07) is 1.42. The van der Waals surface area contributed by atoms with Gasteiger partial charge < -0.3 is 4.98 Å². The predicted molar refractivity (Wildman–Crippen MR) is 78.7 cm³/mol. The third kappa shape index (κ3) is 3.33. The van der Waals surface area contributed by atoms with Crippen molar-refractivity contribution in [1.82, 2.24) is 19.7 Å². The van der Waals surface area contributed by atoms with E-state index in [-0.39, 0.29) is 27.9 Å². The maximum atomic E-state index is 12.1. The maximum absolute atomic E-state index is 12.1. The second kappa shape index (κ2) is 5.61. The van der Waals surface area contributed by atoms with Crippen LogP contribution in [-0.2, 0) is 15.6 Å². The molecule has 0 amide bonds.